The predicted molar refractivity (Wildman–Crippen MR) is 84.6 cm³/mol. The molecule has 0 saturated heterocycles. The number of anilines is 1. The van der Waals surface area contributed by atoms with Crippen LogP contribution in [0.2, 0.25) is 0 Å². The minimum absolute atomic E-state index is 0.0609. The van der Waals surface area contributed by atoms with Crippen molar-refractivity contribution in [3.05, 3.63) is 29.8 Å². The Morgan fingerprint density at radius 2 is 2.19 bits per heavy atom. The molecular formula is C15H21NO4S. The molecule has 0 aromatic heterocycles. The molecule has 0 aliphatic carbocycles. The van der Waals surface area contributed by atoms with Crippen LogP contribution in [-0.2, 0) is 20.1 Å². The van der Waals surface area contributed by atoms with Crippen molar-refractivity contribution in [2.24, 2.45) is 0 Å². The van der Waals surface area contributed by atoms with Crippen LogP contribution in [0.15, 0.2) is 24.3 Å². The van der Waals surface area contributed by atoms with E-state index in [1.807, 2.05) is 31.2 Å². The third kappa shape index (κ3) is 8.37. The molecule has 1 amide bonds. The molecule has 2 N–H and O–H groups in total. The first-order valence-corrected chi connectivity index (χ1v) is 8.03. The second-order valence-electron chi connectivity index (χ2n) is 4.50. The molecule has 0 saturated carbocycles. The fourth-order valence-corrected chi connectivity index (χ4v) is 2.47. The van der Waals surface area contributed by atoms with Gasteiger partial charge in [-0.05, 0) is 24.1 Å². The third-order valence-electron chi connectivity index (χ3n) is 2.52. The Bertz CT molecular complexity index is 465. The predicted octanol–water partition coefficient (Wildman–Crippen LogP) is 2.76. The minimum Gasteiger partial charge on any atom is -0.481 e. The molecule has 116 valence electrons. The number of rotatable bonds is 10. The highest BCUT2D eigenvalue weighted by Gasteiger charge is 2.03. The van der Waals surface area contributed by atoms with Gasteiger partial charge in [-0.2, -0.15) is 11.8 Å². The van der Waals surface area contributed by atoms with Crippen LogP contribution in [0.3, 0.4) is 0 Å². The van der Waals surface area contributed by atoms with Gasteiger partial charge in [0, 0.05) is 23.8 Å². The lowest BCUT2D eigenvalue weighted by molar-refractivity contribution is -0.136. The number of aliphatic carboxylic acids is 1. The number of hydrogen-bond donors (Lipinski definition) is 2. The molecule has 5 nitrogen and oxygen atoms in total. The number of thioether (sulfide) groups is 1. The molecule has 0 spiro atoms. The molecule has 1 rings (SSSR count). The van der Waals surface area contributed by atoms with Crippen molar-refractivity contribution >= 4 is 29.3 Å². The van der Waals surface area contributed by atoms with E-state index in [0.29, 0.717) is 12.4 Å². The van der Waals surface area contributed by atoms with Crippen molar-refractivity contribution in [2.75, 3.05) is 24.3 Å². The second-order valence-corrected chi connectivity index (χ2v) is 5.60. The Morgan fingerprint density at radius 3 is 2.90 bits per heavy atom. The summed E-state index contributed by atoms with van der Waals surface area (Å²) in [5.41, 5.74) is 1.79. The number of carbonyl (C=O) groups is 2. The molecule has 1 aromatic rings. The maximum atomic E-state index is 11.6. The van der Waals surface area contributed by atoms with E-state index >= 15 is 0 Å². The molecule has 0 heterocycles. The van der Waals surface area contributed by atoms with E-state index in [0.717, 1.165) is 23.4 Å². The Balaban J connectivity index is 2.37. The van der Waals surface area contributed by atoms with E-state index in [4.69, 9.17) is 9.84 Å². The molecule has 0 unspecified atom stereocenters. The molecule has 0 bridgehead atoms. The Kier molecular flexibility index (Phi) is 8.54. The molecule has 6 heteroatoms. The zero-order valence-corrected chi connectivity index (χ0v) is 12.9. The minimum atomic E-state index is -0.782. The Morgan fingerprint density at radius 1 is 1.38 bits per heavy atom. The van der Waals surface area contributed by atoms with E-state index in [9.17, 15) is 9.59 Å². The smallest absolute Gasteiger partial charge is 0.304 e. The zero-order valence-electron chi connectivity index (χ0n) is 12.1. The van der Waals surface area contributed by atoms with E-state index in [-0.39, 0.29) is 18.9 Å². The summed E-state index contributed by atoms with van der Waals surface area (Å²) in [6.07, 6.45) is 1.05. The average molecular weight is 311 g/mol. The fourth-order valence-electron chi connectivity index (χ4n) is 1.59. The fraction of sp³-hybridized carbons (Fsp3) is 0.467. The zero-order chi connectivity index (χ0) is 15.5. The SMILES string of the molecule is CCCOCC(=O)Nc1cccc(CSCCC(=O)O)c1. The van der Waals surface area contributed by atoms with E-state index in [1.54, 1.807) is 11.8 Å². The molecular weight excluding hydrogens is 290 g/mol. The van der Waals surface area contributed by atoms with Gasteiger partial charge in [-0.1, -0.05) is 19.1 Å². The van der Waals surface area contributed by atoms with Crippen molar-refractivity contribution in [2.45, 2.75) is 25.5 Å². The number of hydrogen-bond acceptors (Lipinski definition) is 4. The second kappa shape index (κ2) is 10.2. The van der Waals surface area contributed by atoms with Gasteiger partial charge < -0.3 is 15.2 Å². The van der Waals surface area contributed by atoms with Crippen LogP contribution in [0.4, 0.5) is 5.69 Å². The molecule has 21 heavy (non-hydrogen) atoms. The molecule has 0 aliphatic heterocycles. The van der Waals surface area contributed by atoms with Crippen LogP contribution in [0.5, 0.6) is 0 Å². The highest BCUT2D eigenvalue weighted by atomic mass is 32.2. The number of carboxylic acid groups (broad SMARTS) is 1. The van der Waals surface area contributed by atoms with Crippen LogP contribution in [-0.4, -0.2) is 35.9 Å². The monoisotopic (exact) mass is 311 g/mol. The van der Waals surface area contributed by atoms with Gasteiger partial charge in [-0.25, -0.2) is 0 Å². The first kappa shape index (κ1) is 17.5. The topological polar surface area (TPSA) is 75.6 Å². The molecule has 1 aromatic carbocycles. The number of nitrogens with one attached hydrogen (secondary N) is 1. The summed E-state index contributed by atoms with van der Waals surface area (Å²) in [4.78, 5) is 22.0. The van der Waals surface area contributed by atoms with Crippen molar-refractivity contribution in [1.82, 2.24) is 0 Å². The highest BCUT2D eigenvalue weighted by molar-refractivity contribution is 7.98. The van der Waals surface area contributed by atoms with Gasteiger partial charge in [-0.15, -0.1) is 0 Å². The van der Waals surface area contributed by atoms with E-state index in [1.165, 1.54) is 0 Å². The summed E-state index contributed by atoms with van der Waals surface area (Å²) in [5.74, 6) is 0.356. The number of ether oxygens (including phenoxy) is 1. The van der Waals surface area contributed by atoms with Crippen LogP contribution in [0, 0.1) is 0 Å². The van der Waals surface area contributed by atoms with Gasteiger partial charge in [0.15, 0.2) is 0 Å². The van der Waals surface area contributed by atoms with Crippen LogP contribution >= 0.6 is 11.8 Å². The summed E-state index contributed by atoms with van der Waals surface area (Å²) in [6.45, 7) is 2.63. The summed E-state index contributed by atoms with van der Waals surface area (Å²) < 4.78 is 5.18. The standard InChI is InChI=1S/C15H21NO4S/c1-2-7-20-10-14(17)16-13-5-3-4-12(9-13)11-21-8-6-15(18)19/h3-5,9H,2,6-8,10-11H2,1H3,(H,16,17)(H,18,19). The van der Waals surface area contributed by atoms with Gasteiger partial charge in [0.05, 0.1) is 6.42 Å². The first-order valence-electron chi connectivity index (χ1n) is 6.88. The van der Waals surface area contributed by atoms with Crippen molar-refractivity contribution in [1.29, 1.82) is 0 Å². The highest BCUT2D eigenvalue weighted by Crippen LogP contribution is 2.17. The summed E-state index contributed by atoms with van der Waals surface area (Å²) in [7, 11) is 0. The first-order chi connectivity index (χ1) is 10.1. The Labute approximate surface area is 129 Å². The lowest BCUT2D eigenvalue weighted by Crippen LogP contribution is -2.18. The largest absolute Gasteiger partial charge is 0.481 e. The van der Waals surface area contributed by atoms with Gasteiger partial charge in [0.1, 0.15) is 6.61 Å². The van der Waals surface area contributed by atoms with Crippen LogP contribution in [0.25, 0.3) is 0 Å². The summed E-state index contributed by atoms with van der Waals surface area (Å²) >= 11 is 1.56. The van der Waals surface area contributed by atoms with Crippen molar-refractivity contribution in [3.63, 3.8) is 0 Å². The normalized spacial score (nSPS) is 10.3. The Hall–Kier alpha value is -1.53. The molecule has 0 fully saturated rings. The number of amides is 1. The van der Waals surface area contributed by atoms with Gasteiger partial charge in [0.2, 0.25) is 5.91 Å². The van der Waals surface area contributed by atoms with Gasteiger partial charge >= 0.3 is 5.97 Å². The quantitative estimate of drug-likeness (QED) is 0.650. The van der Waals surface area contributed by atoms with Gasteiger partial charge in [0.25, 0.3) is 0 Å². The number of carbonyl (C=O) groups excluding carboxylic acids is 1. The maximum Gasteiger partial charge on any atom is 0.304 e. The lowest BCUT2D eigenvalue weighted by atomic mass is 10.2. The third-order valence-corrected chi connectivity index (χ3v) is 3.55. The molecule has 0 aliphatic rings. The lowest BCUT2D eigenvalue weighted by Gasteiger charge is -2.07. The van der Waals surface area contributed by atoms with Gasteiger partial charge in [-0.3, -0.25) is 9.59 Å². The van der Waals surface area contributed by atoms with Crippen LogP contribution in [0.1, 0.15) is 25.3 Å². The van der Waals surface area contributed by atoms with E-state index in [2.05, 4.69) is 5.32 Å². The summed E-state index contributed by atoms with van der Waals surface area (Å²) in [6, 6.07) is 7.54. The van der Waals surface area contributed by atoms with Crippen molar-refractivity contribution < 1.29 is 19.4 Å². The number of benzene rings is 1. The summed E-state index contributed by atoms with van der Waals surface area (Å²) in [5, 5.41) is 11.4. The molecule has 0 atom stereocenters. The average Bonchev–Trinajstić information content (AvgIpc) is 2.44. The number of carboxylic acids is 1. The van der Waals surface area contributed by atoms with E-state index < -0.39 is 5.97 Å². The van der Waals surface area contributed by atoms with Crippen molar-refractivity contribution in [3.8, 4) is 0 Å². The van der Waals surface area contributed by atoms with Crippen LogP contribution < -0.4 is 5.32 Å². The molecule has 0 radical (unpaired) electrons. The maximum absolute atomic E-state index is 11.6.